The lowest BCUT2D eigenvalue weighted by atomic mass is 9.99. The van der Waals surface area contributed by atoms with Gasteiger partial charge in [-0.1, -0.05) is 55.2 Å². The summed E-state index contributed by atoms with van der Waals surface area (Å²) in [6.45, 7) is 11.0. The van der Waals surface area contributed by atoms with Gasteiger partial charge in [-0.3, -0.25) is 4.79 Å². The number of aromatic nitrogens is 2. The molecule has 0 radical (unpaired) electrons. The highest BCUT2D eigenvalue weighted by Crippen LogP contribution is 2.43. The van der Waals surface area contributed by atoms with Crippen LogP contribution in [0.5, 0.6) is 11.5 Å². The average Bonchev–Trinajstić information content (AvgIpc) is 2.75. The third-order valence-corrected chi connectivity index (χ3v) is 6.55. The highest BCUT2D eigenvalue weighted by atomic mass is 79.9. The zero-order valence-corrected chi connectivity index (χ0v) is 23.1. The molecule has 0 aliphatic carbocycles. The van der Waals surface area contributed by atoms with Crippen LogP contribution in [-0.4, -0.2) is 29.1 Å². The molecule has 6 nitrogen and oxygen atoms in total. The molecule has 0 aliphatic rings. The smallest absolute Gasteiger partial charge is 0.282 e. The van der Waals surface area contributed by atoms with Gasteiger partial charge in [-0.2, -0.15) is 9.78 Å². The molecular formula is C24H26Br2ClN3O3. The van der Waals surface area contributed by atoms with Crippen molar-refractivity contribution in [1.82, 2.24) is 9.66 Å². The molecule has 0 saturated heterocycles. The van der Waals surface area contributed by atoms with Gasteiger partial charge in [-0.05, 0) is 52.5 Å². The van der Waals surface area contributed by atoms with E-state index in [0.717, 1.165) is 4.47 Å². The molecule has 1 heterocycles. The van der Waals surface area contributed by atoms with E-state index >= 15 is 0 Å². The molecule has 1 aromatic heterocycles. The Morgan fingerprint density at radius 3 is 2.55 bits per heavy atom. The number of hydrogen-bond acceptors (Lipinski definition) is 5. The number of nitrogens with zero attached hydrogens (tertiary/aromatic N) is 3. The van der Waals surface area contributed by atoms with Crippen LogP contribution in [0.2, 0.25) is 5.02 Å². The lowest BCUT2D eigenvalue weighted by Gasteiger charge is -2.22. The second-order valence-electron chi connectivity index (χ2n) is 8.61. The molecule has 3 rings (SSSR count). The van der Waals surface area contributed by atoms with Crippen molar-refractivity contribution in [3.63, 3.8) is 0 Å². The average molecular weight is 600 g/mol. The first-order chi connectivity index (χ1) is 15.6. The van der Waals surface area contributed by atoms with Gasteiger partial charge in [0.2, 0.25) is 0 Å². The molecule has 0 amide bonds. The summed E-state index contributed by atoms with van der Waals surface area (Å²) < 4.78 is 14.5. The van der Waals surface area contributed by atoms with E-state index in [-0.39, 0.29) is 11.0 Å². The number of rotatable bonds is 7. The molecule has 0 aliphatic heterocycles. The monoisotopic (exact) mass is 597 g/mol. The first-order valence-corrected chi connectivity index (χ1v) is 12.5. The van der Waals surface area contributed by atoms with E-state index in [9.17, 15) is 4.79 Å². The summed E-state index contributed by atoms with van der Waals surface area (Å²) in [5.74, 6) is 1.55. The van der Waals surface area contributed by atoms with Gasteiger partial charge in [0.1, 0.15) is 10.8 Å². The fourth-order valence-electron chi connectivity index (χ4n) is 3.05. The summed E-state index contributed by atoms with van der Waals surface area (Å²) in [4.78, 5) is 17.7. The lowest BCUT2D eigenvalue weighted by Crippen LogP contribution is -2.22. The van der Waals surface area contributed by atoms with Crippen molar-refractivity contribution < 1.29 is 9.47 Å². The Kier molecular flexibility index (Phi) is 8.24. The van der Waals surface area contributed by atoms with Gasteiger partial charge < -0.3 is 9.47 Å². The third-order valence-electron chi connectivity index (χ3n) is 4.61. The second-order valence-corrected chi connectivity index (χ2v) is 10.7. The normalized spacial score (nSPS) is 12.0. The predicted molar refractivity (Wildman–Crippen MR) is 141 cm³/mol. The van der Waals surface area contributed by atoms with Crippen LogP contribution in [-0.2, 0) is 6.42 Å². The second kappa shape index (κ2) is 10.6. The van der Waals surface area contributed by atoms with Gasteiger partial charge in [0.25, 0.3) is 5.56 Å². The lowest BCUT2D eigenvalue weighted by molar-refractivity contribution is 0.188. The van der Waals surface area contributed by atoms with Crippen molar-refractivity contribution in [3.8, 4) is 11.5 Å². The first kappa shape index (κ1) is 25.7. The van der Waals surface area contributed by atoms with Crippen LogP contribution in [0.15, 0.2) is 43.1 Å². The molecule has 2 aromatic carbocycles. The summed E-state index contributed by atoms with van der Waals surface area (Å²) >= 11 is 13.6. The Morgan fingerprint density at radius 1 is 1.18 bits per heavy atom. The van der Waals surface area contributed by atoms with Crippen molar-refractivity contribution in [2.24, 2.45) is 10.5 Å². The van der Waals surface area contributed by atoms with Crippen molar-refractivity contribution in [2.45, 2.75) is 41.0 Å². The minimum absolute atomic E-state index is 0.0464. The van der Waals surface area contributed by atoms with Gasteiger partial charge in [0, 0.05) is 20.9 Å². The molecule has 0 spiro atoms. The summed E-state index contributed by atoms with van der Waals surface area (Å²) in [7, 11) is 0. The van der Waals surface area contributed by atoms with E-state index in [1.807, 2.05) is 26.0 Å². The zero-order chi connectivity index (χ0) is 24.3. The number of halogens is 3. The van der Waals surface area contributed by atoms with Crippen molar-refractivity contribution >= 4 is 60.6 Å². The number of ether oxygens (including phenoxy) is 2. The molecule has 0 fully saturated rings. The van der Waals surface area contributed by atoms with E-state index in [0.29, 0.717) is 62.9 Å². The van der Waals surface area contributed by atoms with Gasteiger partial charge in [-0.25, -0.2) is 4.98 Å². The number of fused-ring (bicyclic) bond motifs is 1. The van der Waals surface area contributed by atoms with Crippen LogP contribution in [0.1, 0.15) is 46.0 Å². The Morgan fingerprint density at radius 2 is 1.91 bits per heavy atom. The maximum atomic E-state index is 13.1. The van der Waals surface area contributed by atoms with Crippen molar-refractivity contribution in [3.05, 3.63) is 60.0 Å². The molecule has 176 valence electrons. The van der Waals surface area contributed by atoms with Crippen LogP contribution < -0.4 is 15.0 Å². The van der Waals surface area contributed by atoms with E-state index in [1.165, 1.54) is 4.68 Å². The van der Waals surface area contributed by atoms with Gasteiger partial charge in [0.15, 0.2) is 11.5 Å². The fraction of sp³-hybridized carbons (Fsp3) is 0.375. The Labute approximate surface area is 215 Å². The molecule has 0 N–H and O–H groups in total. The first-order valence-electron chi connectivity index (χ1n) is 10.6. The van der Waals surface area contributed by atoms with Crippen molar-refractivity contribution in [2.75, 3.05) is 13.2 Å². The van der Waals surface area contributed by atoms with Crippen LogP contribution in [0.4, 0.5) is 0 Å². The molecular weight excluding hydrogens is 574 g/mol. The number of hydrogen-bond donors (Lipinski definition) is 0. The van der Waals surface area contributed by atoms with Gasteiger partial charge in [-0.15, -0.1) is 0 Å². The van der Waals surface area contributed by atoms with E-state index in [1.54, 1.807) is 18.3 Å². The molecule has 0 atom stereocenters. The third kappa shape index (κ3) is 5.97. The Bertz CT molecular complexity index is 1270. The standard InChI is InChI=1S/C24H26Br2ClN3O3/c1-6-19-29-17-9-8-15(25)11-16(17)23(31)30(19)28-12-14-10-18(32-7-2)22(21(27)20(14)26)33-13-24(3,4)5/h8-12H,6-7,13H2,1-5H3. The quantitative estimate of drug-likeness (QED) is 0.279. The highest BCUT2D eigenvalue weighted by Gasteiger charge is 2.20. The minimum atomic E-state index is -0.244. The Hall–Kier alpha value is -1.90. The number of aryl methyl sites for hydroxylation is 1. The van der Waals surface area contributed by atoms with Crippen LogP contribution in [0, 0.1) is 5.41 Å². The molecule has 3 aromatic rings. The predicted octanol–water partition coefficient (Wildman–Crippen LogP) is 6.84. The summed E-state index contributed by atoms with van der Waals surface area (Å²) in [5, 5.41) is 5.33. The van der Waals surface area contributed by atoms with Crippen LogP contribution in [0.25, 0.3) is 10.9 Å². The van der Waals surface area contributed by atoms with E-state index < -0.39 is 0 Å². The molecule has 0 bridgehead atoms. The summed E-state index contributed by atoms with van der Waals surface area (Å²) in [6, 6.07) is 7.22. The van der Waals surface area contributed by atoms with Crippen LogP contribution >= 0.6 is 43.5 Å². The van der Waals surface area contributed by atoms with E-state index in [2.05, 4.69) is 62.7 Å². The highest BCUT2D eigenvalue weighted by molar-refractivity contribution is 9.10. The Balaban J connectivity index is 2.09. The fourth-order valence-corrected chi connectivity index (χ4v) is 4.06. The molecule has 0 saturated carbocycles. The maximum absolute atomic E-state index is 13.1. The van der Waals surface area contributed by atoms with Crippen LogP contribution in [0.3, 0.4) is 0 Å². The topological polar surface area (TPSA) is 65.7 Å². The SMILES string of the molecule is CCOc1cc(C=Nn2c(CC)nc3ccc(Br)cc3c2=O)c(Br)c(Cl)c1OCC(C)(C)C. The van der Waals surface area contributed by atoms with E-state index in [4.69, 9.17) is 21.1 Å². The summed E-state index contributed by atoms with van der Waals surface area (Å²) in [5.41, 5.74) is 0.992. The largest absolute Gasteiger partial charge is 0.490 e. The number of benzene rings is 2. The zero-order valence-electron chi connectivity index (χ0n) is 19.2. The van der Waals surface area contributed by atoms with Crippen molar-refractivity contribution in [1.29, 1.82) is 0 Å². The molecule has 0 unspecified atom stereocenters. The van der Waals surface area contributed by atoms with Gasteiger partial charge >= 0.3 is 0 Å². The molecule has 9 heteroatoms. The minimum Gasteiger partial charge on any atom is -0.490 e. The van der Waals surface area contributed by atoms with Gasteiger partial charge in [0.05, 0.1) is 30.3 Å². The molecule has 33 heavy (non-hydrogen) atoms. The maximum Gasteiger partial charge on any atom is 0.282 e. The summed E-state index contributed by atoms with van der Waals surface area (Å²) in [6.07, 6.45) is 2.11.